The van der Waals surface area contributed by atoms with Crippen molar-refractivity contribution in [3.8, 4) is 17.0 Å². The van der Waals surface area contributed by atoms with Crippen LogP contribution < -0.4 is 10.2 Å². The smallest absolute Gasteiger partial charge is 0.341 e. The monoisotopic (exact) mass is 431 g/mol. The molecule has 2 aliphatic rings. The predicted molar refractivity (Wildman–Crippen MR) is 115 cm³/mol. The Kier molecular flexibility index (Phi) is 5.41. The molecule has 1 aromatic heterocycles. The molecule has 1 fully saturated rings. The van der Waals surface area contributed by atoms with Crippen LogP contribution in [0.25, 0.3) is 11.3 Å². The highest BCUT2D eigenvalue weighted by Gasteiger charge is 2.47. The Morgan fingerprint density at radius 1 is 1.30 bits per heavy atom. The van der Waals surface area contributed by atoms with Gasteiger partial charge in [-0.2, -0.15) is 0 Å². The van der Waals surface area contributed by atoms with Crippen molar-refractivity contribution in [2.24, 2.45) is 5.41 Å². The van der Waals surface area contributed by atoms with E-state index in [0.717, 1.165) is 30.4 Å². The van der Waals surface area contributed by atoms with Gasteiger partial charge in [-0.1, -0.05) is 25.4 Å². The number of ether oxygens (including phenoxy) is 2. The molecule has 1 saturated carbocycles. The second-order valence-corrected chi connectivity index (χ2v) is 9.20. The molecule has 2 atom stereocenters. The number of carbonyl (C=O) groups is 1. The third-order valence-corrected chi connectivity index (χ3v) is 6.72. The van der Waals surface area contributed by atoms with Gasteiger partial charge in [-0.25, -0.2) is 4.79 Å². The Labute approximate surface area is 180 Å². The van der Waals surface area contributed by atoms with E-state index in [4.69, 9.17) is 21.1 Å². The lowest BCUT2D eigenvalue weighted by Crippen LogP contribution is -2.32. The van der Waals surface area contributed by atoms with Crippen LogP contribution in [0.1, 0.15) is 61.0 Å². The maximum atomic E-state index is 12.5. The van der Waals surface area contributed by atoms with Gasteiger partial charge in [0, 0.05) is 49.9 Å². The maximum absolute atomic E-state index is 12.5. The first kappa shape index (κ1) is 20.9. The topological polar surface area (TPSA) is 77.8 Å². The fourth-order valence-electron chi connectivity index (χ4n) is 5.02. The molecule has 0 amide bonds. The molecule has 4 rings (SSSR count). The van der Waals surface area contributed by atoms with Crippen molar-refractivity contribution in [1.29, 1.82) is 0 Å². The number of aromatic nitrogens is 1. The quantitative estimate of drug-likeness (QED) is 0.668. The van der Waals surface area contributed by atoms with Gasteiger partial charge in [0.25, 0.3) is 0 Å². The number of nitrogens with zero attached hydrogens (tertiary/aromatic N) is 1. The molecule has 0 radical (unpaired) electrons. The molecule has 2 heterocycles. The molecule has 2 unspecified atom stereocenters. The van der Waals surface area contributed by atoms with Gasteiger partial charge in [-0.3, -0.25) is 4.79 Å². The fraction of sp³-hybridized carbons (Fsp3) is 0.478. The van der Waals surface area contributed by atoms with E-state index in [-0.39, 0.29) is 22.9 Å². The van der Waals surface area contributed by atoms with Gasteiger partial charge < -0.3 is 19.1 Å². The van der Waals surface area contributed by atoms with Crippen LogP contribution in [-0.2, 0) is 4.74 Å². The second kappa shape index (κ2) is 7.75. The van der Waals surface area contributed by atoms with Crippen molar-refractivity contribution < 1.29 is 19.4 Å². The average Bonchev–Trinajstić information content (AvgIpc) is 3.01. The number of fused-ring (bicyclic) bond motifs is 6. The molecule has 6 nitrogen and oxygen atoms in total. The van der Waals surface area contributed by atoms with Crippen LogP contribution in [0.2, 0.25) is 5.02 Å². The van der Waals surface area contributed by atoms with E-state index >= 15 is 0 Å². The lowest BCUT2D eigenvalue weighted by molar-refractivity contribution is 0.0693. The van der Waals surface area contributed by atoms with Crippen LogP contribution in [0.3, 0.4) is 0 Å². The number of carboxylic acid groups (broad SMARTS) is 1. The molecule has 30 heavy (non-hydrogen) atoms. The molecular formula is C23H26ClNO5. The summed E-state index contributed by atoms with van der Waals surface area (Å²) in [6.07, 6.45) is 4.25. The summed E-state index contributed by atoms with van der Waals surface area (Å²) in [5, 5.41) is 9.95. The summed E-state index contributed by atoms with van der Waals surface area (Å²) in [6.45, 7) is 5.51. The minimum absolute atomic E-state index is 0.0406. The van der Waals surface area contributed by atoms with Crippen molar-refractivity contribution in [3.63, 3.8) is 0 Å². The van der Waals surface area contributed by atoms with Gasteiger partial charge >= 0.3 is 5.97 Å². The molecular weight excluding hydrogens is 406 g/mol. The Morgan fingerprint density at radius 2 is 2.07 bits per heavy atom. The van der Waals surface area contributed by atoms with Crippen LogP contribution in [0.5, 0.6) is 5.75 Å². The highest BCUT2D eigenvalue weighted by atomic mass is 35.5. The first-order valence-electron chi connectivity index (χ1n) is 10.2. The van der Waals surface area contributed by atoms with Crippen molar-refractivity contribution in [2.75, 3.05) is 20.3 Å². The third kappa shape index (κ3) is 3.42. The van der Waals surface area contributed by atoms with Crippen molar-refractivity contribution >= 4 is 17.6 Å². The molecule has 1 aliphatic heterocycles. The lowest BCUT2D eigenvalue weighted by atomic mass is 9.77. The number of hydrogen-bond donors (Lipinski definition) is 1. The van der Waals surface area contributed by atoms with E-state index in [1.807, 2.05) is 16.7 Å². The third-order valence-electron chi connectivity index (χ3n) is 6.42. The molecule has 160 valence electrons. The summed E-state index contributed by atoms with van der Waals surface area (Å²) in [7, 11) is 1.66. The number of halogens is 1. The number of pyridine rings is 1. The number of rotatable bonds is 6. The average molecular weight is 432 g/mol. The zero-order valence-electron chi connectivity index (χ0n) is 17.4. The molecule has 1 N–H and O–H groups in total. The molecule has 0 spiro atoms. The van der Waals surface area contributed by atoms with Crippen LogP contribution in [0, 0.1) is 5.41 Å². The van der Waals surface area contributed by atoms with Crippen molar-refractivity contribution in [1.82, 2.24) is 4.57 Å². The van der Waals surface area contributed by atoms with Crippen molar-refractivity contribution in [3.05, 3.63) is 50.8 Å². The Morgan fingerprint density at radius 3 is 2.77 bits per heavy atom. The minimum Gasteiger partial charge on any atom is -0.492 e. The summed E-state index contributed by atoms with van der Waals surface area (Å²) < 4.78 is 13.0. The van der Waals surface area contributed by atoms with Gasteiger partial charge in [0.1, 0.15) is 11.3 Å². The Hall–Kier alpha value is -2.31. The minimum atomic E-state index is -1.20. The SMILES string of the molecule is COCCCOc1cc2c(cc1Cl)-c1cc(=O)c(C(=O)O)cn1C1C2CCC1(C)C. The van der Waals surface area contributed by atoms with Crippen LogP contribution in [0.15, 0.2) is 29.2 Å². The van der Waals surface area contributed by atoms with Gasteiger partial charge in [0.05, 0.1) is 17.3 Å². The first-order chi connectivity index (χ1) is 14.2. The van der Waals surface area contributed by atoms with Gasteiger partial charge in [-0.15, -0.1) is 0 Å². The van der Waals surface area contributed by atoms with E-state index in [0.29, 0.717) is 29.7 Å². The molecule has 7 heteroatoms. The van der Waals surface area contributed by atoms with E-state index < -0.39 is 11.4 Å². The van der Waals surface area contributed by atoms with Gasteiger partial charge in [-0.05, 0) is 36.0 Å². The number of carboxylic acids is 1. The van der Waals surface area contributed by atoms with E-state index in [1.54, 1.807) is 7.11 Å². The Bertz CT molecular complexity index is 1060. The summed E-state index contributed by atoms with van der Waals surface area (Å²) in [6, 6.07) is 5.34. The number of benzene rings is 1. The van der Waals surface area contributed by atoms with Gasteiger partial charge in [0.15, 0.2) is 5.43 Å². The molecule has 1 aromatic carbocycles. The van der Waals surface area contributed by atoms with E-state index in [9.17, 15) is 14.7 Å². The number of aromatic carboxylic acids is 1. The largest absolute Gasteiger partial charge is 0.492 e. The highest BCUT2D eigenvalue weighted by molar-refractivity contribution is 6.32. The molecule has 2 aromatic rings. The fourth-order valence-corrected chi connectivity index (χ4v) is 5.24. The number of methoxy groups -OCH3 is 1. The number of hydrogen-bond acceptors (Lipinski definition) is 4. The van der Waals surface area contributed by atoms with Gasteiger partial charge in [0.2, 0.25) is 0 Å². The summed E-state index contributed by atoms with van der Waals surface area (Å²) in [5.41, 5.74) is 1.96. The normalized spacial score (nSPS) is 20.9. The molecule has 0 saturated heterocycles. The van der Waals surface area contributed by atoms with E-state index in [1.165, 1.54) is 12.3 Å². The summed E-state index contributed by atoms with van der Waals surface area (Å²) in [4.78, 5) is 24.1. The lowest BCUT2D eigenvalue weighted by Gasteiger charge is -2.40. The highest BCUT2D eigenvalue weighted by Crippen LogP contribution is 2.59. The Balaban J connectivity index is 1.86. The van der Waals surface area contributed by atoms with Crippen LogP contribution in [-0.4, -0.2) is 36.0 Å². The first-order valence-corrected chi connectivity index (χ1v) is 10.6. The maximum Gasteiger partial charge on any atom is 0.341 e. The predicted octanol–water partition coefficient (Wildman–Crippen LogP) is 4.74. The molecule has 0 bridgehead atoms. The zero-order chi connectivity index (χ0) is 21.6. The van der Waals surface area contributed by atoms with Crippen molar-refractivity contribution in [2.45, 2.75) is 45.1 Å². The standard InChI is InChI=1S/C23H26ClNO5/c1-23(2)6-5-13-14-10-20(30-8-4-7-29-3)17(24)9-15(14)18-11-19(26)16(22(27)28)12-25(18)21(13)23/h9-13,21H,4-8H2,1-3H3,(H,27,28). The van der Waals surface area contributed by atoms with Crippen LogP contribution >= 0.6 is 11.6 Å². The van der Waals surface area contributed by atoms with Crippen LogP contribution in [0.4, 0.5) is 0 Å². The zero-order valence-corrected chi connectivity index (χ0v) is 18.2. The second-order valence-electron chi connectivity index (χ2n) is 8.79. The van der Waals surface area contributed by atoms with E-state index in [2.05, 4.69) is 13.8 Å². The molecule has 1 aliphatic carbocycles. The summed E-state index contributed by atoms with van der Waals surface area (Å²) in [5.74, 6) is -0.371. The summed E-state index contributed by atoms with van der Waals surface area (Å²) >= 11 is 6.52.